The molecule has 1 aliphatic rings. The normalized spacial score (nSPS) is 13.0. The summed E-state index contributed by atoms with van der Waals surface area (Å²) >= 11 is 6.15. The molecule has 0 saturated heterocycles. The average Bonchev–Trinajstić information content (AvgIpc) is 2.68. The van der Waals surface area contributed by atoms with Gasteiger partial charge in [0.2, 0.25) is 0 Å². The topological polar surface area (TPSA) is 129 Å². The van der Waals surface area contributed by atoms with Gasteiger partial charge in [0.15, 0.2) is 11.6 Å². The monoisotopic (exact) mass is 427 g/mol. The van der Waals surface area contributed by atoms with Crippen LogP contribution in [0.25, 0.3) is 0 Å². The van der Waals surface area contributed by atoms with Crippen molar-refractivity contribution in [1.29, 1.82) is 0 Å². The zero-order valence-corrected chi connectivity index (χ0v) is 16.2. The molecule has 0 spiro atoms. The molecule has 0 fully saturated rings. The van der Waals surface area contributed by atoms with Crippen molar-refractivity contribution in [3.63, 3.8) is 0 Å². The van der Waals surface area contributed by atoms with Crippen molar-refractivity contribution >= 4 is 50.3 Å². The predicted octanol–water partition coefficient (Wildman–Crippen LogP) is 3.35. The Balaban J connectivity index is 2.05. The summed E-state index contributed by atoms with van der Waals surface area (Å²) < 4.78 is 35.3. The van der Waals surface area contributed by atoms with Crippen LogP contribution in [0.4, 0.5) is 17.1 Å². The summed E-state index contributed by atoms with van der Waals surface area (Å²) in [4.78, 5) is 25.4. The number of hydrogen-bond acceptors (Lipinski definition) is 7. The lowest BCUT2D eigenvalue weighted by Crippen LogP contribution is -2.25. The van der Waals surface area contributed by atoms with Crippen LogP contribution >= 0.6 is 11.6 Å². The Kier molecular flexibility index (Phi) is 4.42. The van der Waals surface area contributed by atoms with Crippen LogP contribution in [-0.4, -0.2) is 24.5 Å². The fourth-order valence-corrected chi connectivity index (χ4v) is 4.12. The first-order chi connectivity index (χ1) is 13.7. The van der Waals surface area contributed by atoms with E-state index in [4.69, 9.17) is 17.3 Å². The highest BCUT2D eigenvalue weighted by Crippen LogP contribution is 2.40. The van der Waals surface area contributed by atoms with Gasteiger partial charge >= 0.3 is 0 Å². The first-order valence-electron chi connectivity index (χ1n) is 8.32. The van der Waals surface area contributed by atoms with Gasteiger partial charge in [-0.3, -0.25) is 9.59 Å². The zero-order chi connectivity index (χ0) is 20.9. The SMILES string of the molecule is Nc1c(S(=O)(=O)[O-])cc(Nc2ccccc2Cl)c2c1C(=O)c1ccccc1C2=O. The van der Waals surface area contributed by atoms with E-state index in [2.05, 4.69) is 5.32 Å². The van der Waals surface area contributed by atoms with Crippen LogP contribution in [0.1, 0.15) is 31.8 Å². The number of nitrogens with two attached hydrogens (primary N) is 1. The second-order valence-corrected chi connectivity index (χ2v) is 8.10. The first-order valence-corrected chi connectivity index (χ1v) is 10.1. The number of rotatable bonds is 3. The molecule has 146 valence electrons. The molecule has 9 heteroatoms. The molecule has 0 unspecified atom stereocenters. The highest BCUT2D eigenvalue weighted by Gasteiger charge is 2.35. The molecule has 0 bridgehead atoms. The van der Waals surface area contributed by atoms with E-state index in [9.17, 15) is 22.6 Å². The number of ketones is 2. The molecule has 7 nitrogen and oxygen atoms in total. The Morgan fingerprint density at radius 3 is 2.00 bits per heavy atom. The fourth-order valence-electron chi connectivity index (χ4n) is 3.31. The highest BCUT2D eigenvalue weighted by atomic mass is 35.5. The van der Waals surface area contributed by atoms with Gasteiger partial charge in [0, 0.05) is 11.1 Å². The number of hydrogen-bond donors (Lipinski definition) is 2. The maximum Gasteiger partial charge on any atom is 0.196 e. The Morgan fingerprint density at radius 1 is 0.862 bits per heavy atom. The van der Waals surface area contributed by atoms with Gasteiger partial charge in [-0.2, -0.15) is 0 Å². The number of carbonyl (C=O) groups is 2. The van der Waals surface area contributed by atoms with Crippen LogP contribution < -0.4 is 11.1 Å². The van der Waals surface area contributed by atoms with Gasteiger partial charge in [0.1, 0.15) is 10.1 Å². The number of halogens is 1. The molecule has 0 amide bonds. The smallest absolute Gasteiger partial charge is 0.196 e. The van der Waals surface area contributed by atoms with Gasteiger partial charge in [-0.15, -0.1) is 0 Å². The maximum absolute atomic E-state index is 13.2. The summed E-state index contributed by atoms with van der Waals surface area (Å²) in [5.41, 5.74) is 5.45. The molecule has 0 saturated carbocycles. The lowest BCUT2D eigenvalue weighted by Gasteiger charge is -2.25. The van der Waals surface area contributed by atoms with Gasteiger partial charge in [-0.05, 0) is 18.2 Å². The van der Waals surface area contributed by atoms with Crippen LogP contribution in [0.2, 0.25) is 5.02 Å². The van der Waals surface area contributed by atoms with Gasteiger partial charge in [-0.1, -0.05) is 48.0 Å². The minimum absolute atomic E-state index is 0.0513. The van der Waals surface area contributed by atoms with Gasteiger partial charge in [0.25, 0.3) is 0 Å². The van der Waals surface area contributed by atoms with E-state index >= 15 is 0 Å². The second-order valence-electron chi connectivity index (χ2n) is 6.35. The van der Waals surface area contributed by atoms with Crippen LogP contribution in [0, 0.1) is 0 Å². The van der Waals surface area contributed by atoms with Crippen molar-refractivity contribution in [2.75, 3.05) is 11.1 Å². The molecule has 3 aromatic rings. The molecule has 4 rings (SSSR count). The van der Waals surface area contributed by atoms with Crippen LogP contribution in [0.15, 0.2) is 59.5 Å². The number of nitrogen functional groups attached to an aromatic ring is 1. The molecule has 1 aliphatic carbocycles. The van der Waals surface area contributed by atoms with E-state index in [-0.39, 0.29) is 27.9 Å². The minimum Gasteiger partial charge on any atom is -0.744 e. The summed E-state index contributed by atoms with van der Waals surface area (Å²) in [6, 6.07) is 13.6. The summed E-state index contributed by atoms with van der Waals surface area (Å²) in [6.45, 7) is 0. The van der Waals surface area contributed by atoms with Crippen molar-refractivity contribution in [2.45, 2.75) is 4.90 Å². The van der Waals surface area contributed by atoms with Gasteiger partial charge < -0.3 is 15.6 Å². The van der Waals surface area contributed by atoms with Crippen LogP contribution in [0.3, 0.4) is 0 Å². The van der Waals surface area contributed by atoms with E-state index in [1.165, 1.54) is 12.1 Å². The lowest BCUT2D eigenvalue weighted by molar-refractivity contribution is 0.0980. The number of fused-ring (bicyclic) bond motifs is 2. The molecule has 3 aromatic carbocycles. The van der Waals surface area contributed by atoms with Crippen molar-refractivity contribution in [2.24, 2.45) is 0 Å². The van der Waals surface area contributed by atoms with Gasteiger partial charge in [-0.25, -0.2) is 8.42 Å². The van der Waals surface area contributed by atoms with Crippen molar-refractivity contribution in [1.82, 2.24) is 0 Å². The summed E-state index contributed by atoms with van der Waals surface area (Å²) in [5, 5.41) is 3.15. The van der Waals surface area contributed by atoms with E-state index in [0.717, 1.165) is 6.07 Å². The average molecular weight is 428 g/mol. The lowest BCUT2D eigenvalue weighted by atomic mass is 9.82. The van der Waals surface area contributed by atoms with E-state index < -0.39 is 32.3 Å². The molecular weight excluding hydrogens is 416 g/mol. The van der Waals surface area contributed by atoms with Crippen LogP contribution in [0.5, 0.6) is 0 Å². The van der Waals surface area contributed by atoms with Gasteiger partial charge in [0.05, 0.1) is 38.1 Å². The third-order valence-corrected chi connectivity index (χ3v) is 5.82. The van der Waals surface area contributed by atoms with E-state index in [0.29, 0.717) is 10.7 Å². The van der Waals surface area contributed by atoms with E-state index in [1.807, 2.05) is 0 Å². The number of anilines is 3. The zero-order valence-electron chi connectivity index (χ0n) is 14.6. The standard InChI is InChI=1S/C20H13ClN2O5S/c21-12-7-3-4-8-13(12)23-14-9-15(29(26,27)28)18(22)17-16(14)19(24)10-5-1-2-6-11(10)20(17)25/h1-9,23H,22H2,(H,26,27,28)/p-1. The maximum atomic E-state index is 13.2. The second kappa shape index (κ2) is 6.70. The number of carbonyl (C=O) groups excluding carboxylic acids is 2. The molecule has 29 heavy (non-hydrogen) atoms. The number of benzene rings is 3. The Hall–Kier alpha value is -3.20. The first kappa shape index (κ1) is 19.1. The Morgan fingerprint density at radius 2 is 1.41 bits per heavy atom. The summed E-state index contributed by atoms with van der Waals surface area (Å²) in [7, 11) is -5.02. The number of para-hydroxylation sites is 1. The molecule has 0 heterocycles. The molecule has 3 N–H and O–H groups in total. The fraction of sp³-hybridized carbons (Fsp3) is 0. The van der Waals surface area contributed by atoms with Crippen molar-refractivity contribution in [3.8, 4) is 0 Å². The van der Waals surface area contributed by atoms with Crippen molar-refractivity contribution < 1.29 is 22.6 Å². The third kappa shape index (κ3) is 3.07. The number of nitrogens with one attached hydrogen (secondary N) is 1. The van der Waals surface area contributed by atoms with Crippen molar-refractivity contribution in [3.05, 3.63) is 81.9 Å². The highest BCUT2D eigenvalue weighted by molar-refractivity contribution is 7.86. The van der Waals surface area contributed by atoms with Crippen LogP contribution in [-0.2, 0) is 10.1 Å². The Labute approximate surface area is 170 Å². The molecule has 0 radical (unpaired) electrons. The summed E-state index contributed by atoms with van der Waals surface area (Å²) in [6.07, 6.45) is 0. The molecular formula is C20H12ClN2O5S-. The molecule has 0 atom stereocenters. The summed E-state index contributed by atoms with van der Waals surface area (Å²) in [5.74, 6) is -1.16. The largest absolute Gasteiger partial charge is 0.744 e. The van der Waals surface area contributed by atoms with E-state index in [1.54, 1.807) is 36.4 Å². The molecule has 0 aliphatic heterocycles. The third-order valence-electron chi connectivity index (χ3n) is 4.61. The molecule has 0 aromatic heterocycles. The quantitative estimate of drug-likeness (QED) is 0.378. The minimum atomic E-state index is -5.02. The predicted molar refractivity (Wildman–Crippen MR) is 107 cm³/mol. The Bertz CT molecular complexity index is 1320.